The Morgan fingerprint density at radius 1 is 1.15 bits per heavy atom. The van der Waals surface area contributed by atoms with Crippen LogP contribution >= 0.6 is 0 Å². The van der Waals surface area contributed by atoms with E-state index in [0.29, 0.717) is 48.9 Å². The minimum atomic E-state index is -0.210. The maximum atomic E-state index is 13.2. The zero-order valence-corrected chi connectivity index (χ0v) is 18.0. The molecule has 4 heterocycles. The number of rotatable bonds is 5. The molecule has 1 aromatic carbocycles. The number of aromatic nitrogens is 5. The van der Waals surface area contributed by atoms with Crippen molar-refractivity contribution in [3.63, 3.8) is 0 Å². The Hall–Kier alpha value is -4.05. The number of Topliss-reactive ketones (excluding diaryl/α,β-unsaturated/α-hetero) is 1. The van der Waals surface area contributed by atoms with Crippen LogP contribution in [0.2, 0.25) is 0 Å². The third-order valence-corrected chi connectivity index (χ3v) is 5.60. The highest BCUT2D eigenvalue weighted by atomic mass is 16.5. The van der Waals surface area contributed by atoms with Crippen LogP contribution < -0.4 is 0 Å². The number of hydrogen-bond acceptors (Lipinski definition) is 7. The standard InChI is InChI=1S/C23H22N6O4/c1-27-21(18(14-24-27)23(32)28-7-9-33-10-8-28)19(31)11-15-5-6-29-20(12-15)25-22(26-29)16-3-2-4-17(30)13-16/h2-6,12-14,30H,7-11H2,1H3. The van der Waals surface area contributed by atoms with Crippen LogP contribution in [0, 0.1) is 0 Å². The first-order chi connectivity index (χ1) is 16.0. The van der Waals surface area contributed by atoms with Gasteiger partial charge in [0.15, 0.2) is 17.3 Å². The molecule has 1 amide bonds. The van der Waals surface area contributed by atoms with Crippen LogP contribution in [0.5, 0.6) is 5.75 Å². The molecule has 0 aliphatic carbocycles. The van der Waals surface area contributed by atoms with Crippen LogP contribution in [0.4, 0.5) is 0 Å². The number of benzene rings is 1. The van der Waals surface area contributed by atoms with Gasteiger partial charge in [-0.1, -0.05) is 12.1 Å². The number of nitrogens with zero attached hydrogens (tertiary/aromatic N) is 6. The second kappa shape index (κ2) is 8.47. The predicted octanol–water partition coefficient (Wildman–Crippen LogP) is 1.73. The fourth-order valence-electron chi connectivity index (χ4n) is 3.93. The molecule has 1 aliphatic heterocycles. The molecule has 1 aliphatic rings. The molecule has 4 aromatic rings. The van der Waals surface area contributed by atoms with Crippen LogP contribution in [0.15, 0.2) is 48.8 Å². The Morgan fingerprint density at radius 2 is 1.97 bits per heavy atom. The number of pyridine rings is 1. The third-order valence-electron chi connectivity index (χ3n) is 5.60. The highest BCUT2D eigenvalue weighted by molar-refractivity contribution is 6.07. The van der Waals surface area contributed by atoms with Gasteiger partial charge in [-0.25, -0.2) is 9.50 Å². The van der Waals surface area contributed by atoms with E-state index in [0.717, 1.165) is 5.56 Å². The topological polar surface area (TPSA) is 115 Å². The Bertz CT molecular complexity index is 1350. The molecular formula is C23H22N6O4. The molecule has 5 rings (SSSR count). The number of phenols is 1. The summed E-state index contributed by atoms with van der Waals surface area (Å²) in [5, 5.41) is 18.3. The molecule has 0 saturated carbocycles. The van der Waals surface area contributed by atoms with Crippen molar-refractivity contribution in [2.24, 2.45) is 7.05 Å². The van der Waals surface area contributed by atoms with Crippen LogP contribution in [0.3, 0.4) is 0 Å². The van der Waals surface area contributed by atoms with E-state index in [1.807, 2.05) is 6.07 Å². The second-order valence-corrected chi connectivity index (χ2v) is 7.86. The molecule has 3 aromatic heterocycles. The maximum absolute atomic E-state index is 13.2. The second-order valence-electron chi connectivity index (χ2n) is 7.86. The van der Waals surface area contributed by atoms with E-state index >= 15 is 0 Å². The molecule has 1 fully saturated rings. The van der Waals surface area contributed by atoms with Gasteiger partial charge in [0.1, 0.15) is 11.4 Å². The van der Waals surface area contributed by atoms with E-state index in [9.17, 15) is 14.7 Å². The van der Waals surface area contributed by atoms with E-state index in [1.54, 1.807) is 53.0 Å². The molecule has 1 N–H and O–H groups in total. The summed E-state index contributed by atoms with van der Waals surface area (Å²) >= 11 is 0. The first-order valence-electron chi connectivity index (χ1n) is 10.6. The molecule has 0 spiro atoms. The van der Waals surface area contributed by atoms with Crippen molar-refractivity contribution in [1.29, 1.82) is 0 Å². The quantitative estimate of drug-likeness (QED) is 0.464. The van der Waals surface area contributed by atoms with Gasteiger partial charge in [0.05, 0.1) is 25.0 Å². The van der Waals surface area contributed by atoms with Gasteiger partial charge in [-0.05, 0) is 29.8 Å². The van der Waals surface area contributed by atoms with Gasteiger partial charge in [-0.2, -0.15) is 5.10 Å². The van der Waals surface area contributed by atoms with Crippen LogP contribution in [-0.4, -0.2) is 72.4 Å². The number of aromatic hydroxyl groups is 1. The number of phenolic OH excluding ortho intramolecular Hbond substituents is 1. The SMILES string of the molecule is Cn1ncc(C(=O)N2CCOCC2)c1C(=O)Cc1ccn2nc(-c3cccc(O)c3)nc2c1. The molecule has 0 radical (unpaired) electrons. The Kier molecular flexibility index (Phi) is 5.35. The van der Waals surface area contributed by atoms with Crippen molar-refractivity contribution >= 4 is 17.3 Å². The van der Waals surface area contributed by atoms with Crippen molar-refractivity contribution < 1.29 is 19.4 Å². The molecule has 33 heavy (non-hydrogen) atoms. The van der Waals surface area contributed by atoms with E-state index in [2.05, 4.69) is 15.2 Å². The Morgan fingerprint density at radius 3 is 2.76 bits per heavy atom. The summed E-state index contributed by atoms with van der Waals surface area (Å²) in [7, 11) is 1.66. The van der Waals surface area contributed by atoms with Crippen LogP contribution in [-0.2, 0) is 18.2 Å². The largest absolute Gasteiger partial charge is 0.508 e. The molecule has 0 unspecified atom stereocenters. The van der Waals surface area contributed by atoms with Gasteiger partial charge in [-0.3, -0.25) is 14.3 Å². The van der Waals surface area contributed by atoms with Gasteiger partial charge < -0.3 is 14.7 Å². The number of hydrogen-bond donors (Lipinski definition) is 1. The van der Waals surface area contributed by atoms with Crippen molar-refractivity contribution in [3.05, 3.63) is 65.6 Å². The Balaban J connectivity index is 1.39. The van der Waals surface area contributed by atoms with Gasteiger partial charge in [-0.15, -0.1) is 5.10 Å². The first-order valence-corrected chi connectivity index (χ1v) is 10.6. The number of aryl methyl sites for hydroxylation is 1. The van der Waals surface area contributed by atoms with Crippen LogP contribution in [0.25, 0.3) is 17.0 Å². The highest BCUT2D eigenvalue weighted by Crippen LogP contribution is 2.22. The number of ether oxygens (including phenoxy) is 1. The summed E-state index contributed by atoms with van der Waals surface area (Å²) in [4.78, 5) is 32.3. The highest BCUT2D eigenvalue weighted by Gasteiger charge is 2.27. The molecule has 1 saturated heterocycles. The molecule has 168 valence electrons. The average Bonchev–Trinajstić information content (AvgIpc) is 3.42. The number of fused-ring (bicyclic) bond motifs is 1. The minimum absolute atomic E-state index is 0.0910. The van der Waals surface area contributed by atoms with Gasteiger partial charge in [0, 0.05) is 38.3 Å². The summed E-state index contributed by atoms with van der Waals surface area (Å²) in [6.45, 7) is 1.95. The van der Waals surface area contributed by atoms with Crippen molar-refractivity contribution in [2.45, 2.75) is 6.42 Å². The monoisotopic (exact) mass is 446 g/mol. The van der Waals surface area contributed by atoms with Crippen molar-refractivity contribution in [2.75, 3.05) is 26.3 Å². The number of morpholine rings is 1. The molecular weight excluding hydrogens is 424 g/mol. The fraction of sp³-hybridized carbons (Fsp3) is 0.261. The van der Waals surface area contributed by atoms with Gasteiger partial charge in [0.2, 0.25) is 0 Å². The predicted molar refractivity (Wildman–Crippen MR) is 118 cm³/mol. The van der Waals surface area contributed by atoms with Crippen molar-refractivity contribution in [3.8, 4) is 17.1 Å². The average molecular weight is 446 g/mol. The smallest absolute Gasteiger partial charge is 0.257 e. The summed E-state index contributed by atoms with van der Waals surface area (Å²) < 4.78 is 8.38. The zero-order valence-electron chi connectivity index (χ0n) is 18.0. The molecule has 10 nitrogen and oxygen atoms in total. The molecule has 0 atom stereocenters. The maximum Gasteiger partial charge on any atom is 0.257 e. The number of amides is 1. The number of carbonyl (C=O) groups excluding carboxylic acids is 2. The van der Waals surface area contributed by atoms with Gasteiger partial charge in [0.25, 0.3) is 5.91 Å². The third kappa shape index (κ3) is 4.08. The summed E-state index contributed by atoms with van der Waals surface area (Å²) in [5.74, 6) is 0.192. The van der Waals surface area contributed by atoms with Gasteiger partial charge >= 0.3 is 0 Å². The lowest BCUT2D eigenvalue weighted by molar-refractivity contribution is 0.0301. The van der Waals surface area contributed by atoms with E-state index in [-0.39, 0.29) is 29.6 Å². The lowest BCUT2D eigenvalue weighted by Gasteiger charge is -2.26. The lowest BCUT2D eigenvalue weighted by atomic mass is 10.0. The zero-order chi connectivity index (χ0) is 22.9. The van der Waals surface area contributed by atoms with E-state index < -0.39 is 0 Å². The fourth-order valence-corrected chi connectivity index (χ4v) is 3.93. The van der Waals surface area contributed by atoms with Crippen LogP contribution in [0.1, 0.15) is 26.4 Å². The summed E-state index contributed by atoms with van der Waals surface area (Å²) in [6.07, 6.45) is 3.28. The normalized spacial score (nSPS) is 14.0. The number of carbonyl (C=O) groups is 2. The minimum Gasteiger partial charge on any atom is -0.508 e. The number of ketones is 1. The van der Waals surface area contributed by atoms with E-state index in [4.69, 9.17) is 4.74 Å². The summed E-state index contributed by atoms with van der Waals surface area (Å²) in [6, 6.07) is 10.3. The van der Waals surface area contributed by atoms with E-state index in [1.165, 1.54) is 10.9 Å². The summed E-state index contributed by atoms with van der Waals surface area (Å²) in [5.41, 5.74) is 2.60. The lowest BCUT2D eigenvalue weighted by Crippen LogP contribution is -2.41. The molecule has 10 heteroatoms. The van der Waals surface area contributed by atoms with Crippen molar-refractivity contribution in [1.82, 2.24) is 29.3 Å². The molecule has 0 bridgehead atoms. The Labute approximate surface area is 189 Å². The first kappa shape index (κ1) is 20.8.